The summed E-state index contributed by atoms with van der Waals surface area (Å²) >= 11 is 1.82. The lowest BCUT2D eigenvalue weighted by atomic mass is 9.94. The van der Waals surface area contributed by atoms with Crippen molar-refractivity contribution >= 4 is 17.7 Å². The van der Waals surface area contributed by atoms with E-state index in [1.165, 1.54) is 21.6 Å². The zero-order valence-electron chi connectivity index (χ0n) is 20.1. The average Bonchev–Trinajstić information content (AvgIpc) is 3.03. The van der Waals surface area contributed by atoms with Gasteiger partial charge >= 0.3 is 0 Å². The molecule has 182 valence electrons. The van der Waals surface area contributed by atoms with Gasteiger partial charge in [-0.25, -0.2) is 0 Å². The van der Waals surface area contributed by atoms with Gasteiger partial charge in [0.05, 0.1) is 25.3 Å². The monoisotopic (exact) mass is 491 g/mol. The van der Waals surface area contributed by atoms with E-state index in [0.717, 1.165) is 5.75 Å². The summed E-state index contributed by atoms with van der Waals surface area (Å²) in [5.41, 5.74) is 4.29. The fraction of sp³-hybridized carbons (Fsp3) is 0.333. The number of carbonyl (C=O) groups excluding carboxylic acids is 1. The summed E-state index contributed by atoms with van der Waals surface area (Å²) < 4.78 is 12.8. The molecular formula is C27H29N3O4S. The Bertz CT molecular complexity index is 1250. The van der Waals surface area contributed by atoms with Crippen LogP contribution in [0.15, 0.2) is 70.5 Å². The van der Waals surface area contributed by atoms with Crippen molar-refractivity contribution in [3.05, 3.63) is 99.0 Å². The van der Waals surface area contributed by atoms with E-state index in [9.17, 15) is 9.59 Å². The number of fused-ring (bicyclic) bond motifs is 3. The van der Waals surface area contributed by atoms with E-state index in [-0.39, 0.29) is 23.4 Å². The van der Waals surface area contributed by atoms with E-state index in [4.69, 9.17) is 9.47 Å². The number of nitrogens with zero attached hydrogens (tertiary/aromatic N) is 3. The summed E-state index contributed by atoms with van der Waals surface area (Å²) in [7, 11) is 3.24. The second-order valence-electron chi connectivity index (χ2n) is 8.85. The molecule has 0 bridgehead atoms. The van der Waals surface area contributed by atoms with Crippen LogP contribution in [0, 0.1) is 6.92 Å². The molecule has 1 amide bonds. The molecule has 1 unspecified atom stereocenters. The van der Waals surface area contributed by atoms with Crippen LogP contribution in [0.5, 0.6) is 0 Å². The highest BCUT2D eigenvalue weighted by Crippen LogP contribution is 2.42. The Hall–Kier alpha value is -3.07. The van der Waals surface area contributed by atoms with E-state index in [1.54, 1.807) is 38.3 Å². The zero-order chi connectivity index (χ0) is 24.5. The predicted octanol–water partition coefficient (Wildman–Crippen LogP) is 3.56. The fourth-order valence-electron chi connectivity index (χ4n) is 5.04. The van der Waals surface area contributed by atoms with Crippen molar-refractivity contribution in [2.45, 2.75) is 29.7 Å². The number of hydrogen-bond acceptors (Lipinski definition) is 6. The molecule has 7 nitrogen and oxygen atoms in total. The first-order valence-corrected chi connectivity index (χ1v) is 12.6. The van der Waals surface area contributed by atoms with Crippen LogP contribution in [0.25, 0.3) is 0 Å². The van der Waals surface area contributed by atoms with Crippen molar-refractivity contribution < 1.29 is 14.3 Å². The molecule has 35 heavy (non-hydrogen) atoms. The first-order chi connectivity index (χ1) is 17.0. The molecule has 2 aliphatic rings. The molecule has 0 N–H and O–H groups in total. The molecular weight excluding hydrogens is 462 g/mol. The Morgan fingerprint density at radius 3 is 2.40 bits per heavy atom. The summed E-state index contributed by atoms with van der Waals surface area (Å²) in [5, 5.41) is 2.19. The summed E-state index contributed by atoms with van der Waals surface area (Å²) in [6.07, 6.45) is 1.73. The molecule has 8 heteroatoms. The van der Waals surface area contributed by atoms with Gasteiger partial charge in [-0.3, -0.25) is 19.3 Å². The molecule has 0 aliphatic carbocycles. The van der Waals surface area contributed by atoms with Crippen molar-refractivity contribution in [2.75, 3.05) is 39.1 Å². The summed E-state index contributed by atoms with van der Waals surface area (Å²) in [4.78, 5) is 29.4. The largest absolute Gasteiger partial charge is 0.382 e. The molecule has 3 heterocycles. The molecule has 1 aromatic heterocycles. The number of pyridine rings is 1. The lowest BCUT2D eigenvalue weighted by Gasteiger charge is -2.46. The lowest BCUT2D eigenvalue weighted by molar-refractivity contribution is 0.0206. The number of amides is 1. The van der Waals surface area contributed by atoms with Crippen LogP contribution < -0.4 is 10.4 Å². The first kappa shape index (κ1) is 23.7. The van der Waals surface area contributed by atoms with Gasteiger partial charge in [-0.2, -0.15) is 0 Å². The van der Waals surface area contributed by atoms with E-state index in [2.05, 4.69) is 53.5 Å². The van der Waals surface area contributed by atoms with E-state index in [1.807, 2.05) is 16.4 Å². The van der Waals surface area contributed by atoms with E-state index >= 15 is 0 Å². The zero-order valence-corrected chi connectivity index (χ0v) is 21.0. The lowest BCUT2D eigenvalue weighted by Crippen LogP contribution is -2.60. The van der Waals surface area contributed by atoms with Gasteiger partial charge in [0.2, 0.25) is 0 Å². The van der Waals surface area contributed by atoms with Gasteiger partial charge in [-0.05, 0) is 29.7 Å². The molecule has 5 rings (SSSR count). The topological polar surface area (TPSA) is 64.0 Å². The number of aromatic nitrogens is 1. The second kappa shape index (κ2) is 9.89. The maximum Gasteiger partial charge on any atom is 0.274 e. The minimum Gasteiger partial charge on any atom is -0.382 e. The van der Waals surface area contributed by atoms with Crippen LogP contribution in [-0.4, -0.2) is 55.6 Å². The van der Waals surface area contributed by atoms with Crippen molar-refractivity contribution in [3.8, 4) is 0 Å². The Labute approximate surface area is 209 Å². The number of thioether (sulfide) groups is 1. The number of benzene rings is 2. The Morgan fingerprint density at radius 1 is 0.971 bits per heavy atom. The van der Waals surface area contributed by atoms with Crippen LogP contribution in [0.1, 0.15) is 38.8 Å². The molecule has 0 saturated carbocycles. The second-order valence-corrected chi connectivity index (χ2v) is 9.86. The average molecular weight is 492 g/mol. The van der Waals surface area contributed by atoms with Crippen molar-refractivity contribution in [2.24, 2.45) is 0 Å². The number of rotatable bonds is 6. The molecule has 0 fully saturated rings. The molecule has 2 aliphatic heterocycles. The third-order valence-electron chi connectivity index (χ3n) is 6.76. The van der Waals surface area contributed by atoms with Gasteiger partial charge in [-0.1, -0.05) is 42.5 Å². The maximum atomic E-state index is 13.8. The smallest absolute Gasteiger partial charge is 0.274 e. The van der Waals surface area contributed by atoms with Crippen molar-refractivity contribution in [3.63, 3.8) is 0 Å². The van der Waals surface area contributed by atoms with Crippen LogP contribution in [-0.2, 0) is 15.2 Å². The number of hydrogen-bond donors (Lipinski definition) is 0. The Morgan fingerprint density at radius 2 is 1.66 bits per heavy atom. The van der Waals surface area contributed by atoms with Gasteiger partial charge < -0.3 is 14.4 Å². The number of methoxy groups -OCH3 is 2. The van der Waals surface area contributed by atoms with Crippen molar-refractivity contribution in [1.82, 2.24) is 9.58 Å². The minimum atomic E-state index is -0.297. The van der Waals surface area contributed by atoms with Crippen LogP contribution >= 0.6 is 11.8 Å². The quantitative estimate of drug-likeness (QED) is 0.526. The van der Waals surface area contributed by atoms with Crippen LogP contribution in [0.3, 0.4) is 0 Å². The Kier molecular flexibility index (Phi) is 6.69. The molecule has 3 aromatic rings. The Balaban J connectivity index is 1.74. The standard InChI is InChI=1S/C27H29N3O4S/c1-18-23(31)12-13-29-25(18)27(32)28(20(14-33-2)15-34-3)17-30(29)26-21-9-5-4-8-19(21)16-35-24-11-7-6-10-22(24)26/h4-13,20,26H,14-17H2,1-3H3. The van der Waals surface area contributed by atoms with Gasteiger partial charge in [0, 0.05) is 42.7 Å². The third kappa shape index (κ3) is 4.16. The van der Waals surface area contributed by atoms with Crippen LogP contribution in [0.4, 0.5) is 0 Å². The predicted molar refractivity (Wildman–Crippen MR) is 137 cm³/mol. The summed E-state index contributed by atoms with van der Waals surface area (Å²) in [6.45, 7) is 2.71. The number of ether oxygens (including phenoxy) is 2. The minimum absolute atomic E-state index is 0.153. The highest BCUT2D eigenvalue weighted by Gasteiger charge is 2.40. The third-order valence-corrected chi connectivity index (χ3v) is 7.90. The van der Waals surface area contributed by atoms with Gasteiger partial charge in [0.15, 0.2) is 5.43 Å². The maximum absolute atomic E-state index is 13.8. The molecule has 0 radical (unpaired) electrons. The van der Waals surface area contributed by atoms with E-state index < -0.39 is 0 Å². The van der Waals surface area contributed by atoms with Gasteiger partial charge in [0.1, 0.15) is 12.4 Å². The highest BCUT2D eigenvalue weighted by atomic mass is 32.2. The fourth-order valence-corrected chi connectivity index (χ4v) is 6.13. The summed E-state index contributed by atoms with van der Waals surface area (Å²) in [6, 6.07) is 18.0. The molecule has 0 saturated heterocycles. The SMILES string of the molecule is COCC(COC)N1CN(C2c3ccccc3CSc3ccccc32)n2ccc(=O)c(C)c2C1=O. The van der Waals surface area contributed by atoms with E-state index in [0.29, 0.717) is 31.1 Å². The molecule has 2 aromatic carbocycles. The molecule has 1 atom stereocenters. The normalized spacial score (nSPS) is 17.1. The highest BCUT2D eigenvalue weighted by molar-refractivity contribution is 7.98. The number of carbonyl (C=O) groups is 1. The van der Waals surface area contributed by atoms with Gasteiger partial charge in [-0.15, -0.1) is 11.8 Å². The van der Waals surface area contributed by atoms with Gasteiger partial charge in [0.25, 0.3) is 5.91 Å². The molecule has 0 spiro atoms. The van der Waals surface area contributed by atoms with Crippen molar-refractivity contribution in [1.29, 1.82) is 0 Å². The van der Waals surface area contributed by atoms with Crippen LogP contribution in [0.2, 0.25) is 0 Å². The first-order valence-electron chi connectivity index (χ1n) is 11.6. The summed E-state index contributed by atoms with van der Waals surface area (Å²) in [5.74, 6) is 0.673.